The monoisotopic (exact) mass is 199 g/mol. The molecule has 1 fully saturated rings. The van der Waals surface area contributed by atoms with Crippen LogP contribution < -0.4 is 0 Å². The zero-order chi connectivity index (χ0) is 10.4. The van der Waals surface area contributed by atoms with Gasteiger partial charge >= 0.3 is 5.97 Å². The fourth-order valence-electron chi connectivity index (χ4n) is 2.02. The number of unbranched alkanes of at least 4 members (excludes halogenated alkanes) is 2. The number of carbonyl (C=O) groups is 1. The molecule has 3 nitrogen and oxygen atoms in total. The normalized spacial score (nSPS) is 22.8. The lowest BCUT2D eigenvalue weighted by Crippen LogP contribution is -2.21. The van der Waals surface area contributed by atoms with Crippen LogP contribution in [0, 0.1) is 5.92 Å². The van der Waals surface area contributed by atoms with E-state index in [2.05, 4.69) is 11.8 Å². The first-order valence-corrected chi connectivity index (χ1v) is 5.62. The zero-order valence-electron chi connectivity index (χ0n) is 9.04. The van der Waals surface area contributed by atoms with E-state index < -0.39 is 5.97 Å². The lowest BCUT2D eigenvalue weighted by Gasteiger charge is -2.14. The van der Waals surface area contributed by atoms with Crippen LogP contribution in [0.15, 0.2) is 0 Å². The third kappa shape index (κ3) is 4.61. The Kier molecular flexibility index (Phi) is 4.94. The van der Waals surface area contributed by atoms with Gasteiger partial charge in [-0.1, -0.05) is 13.3 Å². The van der Waals surface area contributed by atoms with E-state index in [4.69, 9.17) is 5.11 Å². The molecule has 0 aliphatic carbocycles. The van der Waals surface area contributed by atoms with Crippen molar-refractivity contribution >= 4 is 5.97 Å². The minimum absolute atomic E-state index is 0.330. The molecule has 1 aliphatic rings. The number of likely N-dealkylation sites (tertiary alicyclic amines) is 1. The van der Waals surface area contributed by atoms with Crippen molar-refractivity contribution in [3.8, 4) is 0 Å². The molecule has 0 bridgehead atoms. The molecule has 0 aromatic carbocycles. The number of nitrogens with zero attached hydrogens (tertiary/aromatic N) is 1. The standard InChI is InChI=1S/C11H21NO2/c1-10-6-8-12(9-10)7-4-2-3-5-11(13)14/h10H,2-9H2,1H3,(H,13,14). The lowest BCUT2D eigenvalue weighted by molar-refractivity contribution is -0.137. The van der Waals surface area contributed by atoms with E-state index in [9.17, 15) is 4.79 Å². The highest BCUT2D eigenvalue weighted by Crippen LogP contribution is 2.15. The van der Waals surface area contributed by atoms with Crippen molar-refractivity contribution in [1.82, 2.24) is 4.90 Å². The minimum Gasteiger partial charge on any atom is -0.481 e. The maximum Gasteiger partial charge on any atom is 0.303 e. The third-order valence-electron chi connectivity index (χ3n) is 2.87. The van der Waals surface area contributed by atoms with Crippen LogP contribution >= 0.6 is 0 Å². The molecule has 0 aromatic heterocycles. The Hall–Kier alpha value is -0.570. The van der Waals surface area contributed by atoms with E-state index in [1.807, 2.05) is 0 Å². The molecule has 1 unspecified atom stereocenters. The van der Waals surface area contributed by atoms with Crippen molar-refractivity contribution in [2.24, 2.45) is 5.92 Å². The highest BCUT2D eigenvalue weighted by atomic mass is 16.4. The summed E-state index contributed by atoms with van der Waals surface area (Å²) >= 11 is 0. The summed E-state index contributed by atoms with van der Waals surface area (Å²) in [5.41, 5.74) is 0. The molecule has 14 heavy (non-hydrogen) atoms. The summed E-state index contributed by atoms with van der Waals surface area (Å²) in [7, 11) is 0. The maximum atomic E-state index is 10.3. The molecule has 3 heteroatoms. The topological polar surface area (TPSA) is 40.5 Å². The fourth-order valence-corrected chi connectivity index (χ4v) is 2.02. The summed E-state index contributed by atoms with van der Waals surface area (Å²) in [6, 6.07) is 0. The van der Waals surface area contributed by atoms with Crippen LogP contribution in [-0.4, -0.2) is 35.6 Å². The molecule has 0 aromatic rings. The molecular formula is C11H21NO2. The first-order valence-electron chi connectivity index (χ1n) is 5.62. The molecule has 0 spiro atoms. The smallest absolute Gasteiger partial charge is 0.303 e. The Morgan fingerprint density at radius 3 is 2.79 bits per heavy atom. The van der Waals surface area contributed by atoms with Crippen LogP contribution in [0.1, 0.15) is 39.0 Å². The molecule has 0 saturated carbocycles. The maximum absolute atomic E-state index is 10.3. The SMILES string of the molecule is CC1CCN(CCCCCC(=O)O)C1. The quantitative estimate of drug-likeness (QED) is 0.665. The number of hydrogen-bond acceptors (Lipinski definition) is 2. The van der Waals surface area contributed by atoms with Gasteiger partial charge in [0.1, 0.15) is 0 Å². The Morgan fingerprint density at radius 1 is 1.43 bits per heavy atom. The van der Waals surface area contributed by atoms with Crippen LogP contribution in [0.25, 0.3) is 0 Å². The molecule has 1 atom stereocenters. The average molecular weight is 199 g/mol. The molecule has 1 heterocycles. The second kappa shape index (κ2) is 6.02. The molecule has 0 amide bonds. The number of hydrogen-bond donors (Lipinski definition) is 1. The zero-order valence-corrected chi connectivity index (χ0v) is 9.04. The van der Waals surface area contributed by atoms with Crippen molar-refractivity contribution < 1.29 is 9.90 Å². The second-order valence-electron chi connectivity index (χ2n) is 4.40. The molecular weight excluding hydrogens is 178 g/mol. The Bertz CT molecular complexity index is 182. The first-order chi connectivity index (χ1) is 6.68. The van der Waals surface area contributed by atoms with Gasteiger partial charge in [-0.3, -0.25) is 4.79 Å². The van der Waals surface area contributed by atoms with Gasteiger partial charge in [-0.15, -0.1) is 0 Å². The first kappa shape index (κ1) is 11.5. The largest absolute Gasteiger partial charge is 0.481 e. The fraction of sp³-hybridized carbons (Fsp3) is 0.909. The van der Waals surface area contributed by atoms with Crippen LogP contribution in [0.5, 0.6) is 0 Å². The van der Waals surface area contributed by atoms with E-state index in [0.717, 1.165) is 31.7 Å². The molecule has 0 radical (unpaired) electrons. The van der Waals surface area contributed by atoms with Gasteiger partial charge in [-0.25, -0.2) is 0 Å². The van der Waals surface area contributed by atoms with Gasteiger partial charge in [0.15, 0.2) is 0 Å². The highest BCUT2D eigenvalue weighted by Gasteiger charge is 2.17. The summed E-state index contributed by atoms with van der Waals surface area (Å²) in [5.74, 6) is 0.189. The van der Waals surface area contributed by atoms with Crippen molar-refractivity contribution in [3.63, 3.8) is 0 Å². The third-order valence-corrected chi connectivity index (χ3v) is 2.87. The Morgan fingerprint density at radius 2 is 2.21 bits per heavy atom. The average Bonchev–Trinajstić information content (AvgIpc) is 2.50. The van der Waals surface area contributed by atoms with Gasteiger partial charge < -0.3 is 10.0 Å². The summed E-state index contributed by atoms with van der Waals surface area (Å²) < 4.78 is 0. The van der Waals surface area contributed by atoms with E-state index in [-0.39, 0.29) is 0 Å². The van der Waals surface area contributed by atoms with Crippen LogP contribution in [0.3, 0.4) is 0 Å². The lowest BCUT2D eigenvalue weighted by atomic mass is 10.2. The van der Waals surface area contributed by atoms with E-state index >= 15 is 0 Å². The van der Waals surface area contributed by atoms with Gasteiger partial charge in [0, 0.05) is 13.0 Å². The summed E-state index contributed by atoms with van der Waals surface area (Å²) in [5, 5.41) is 8.45. The van der Waals surface area contributed by atoms with E-state index in [1.54, 1.807) is 0 Å². The number of aliphatic carboxylic acids is 1. The second-order valence-corrected chi connectivity index (χ2v) is 4.40. The van der Waals surface area contributed by atoms with Gasteiger partial charge in [0.05, 0.1) is 0 Å². The minimum atomic E-state index is -0.667. The van der Waals surface area contributed by atoms with Gasteiger partial charge in [-0.2, -0.15) is 0 Å². The number of carboxylic acid groups (broad SMARTS) is 1. The van der Waals surface area contributed by atoms with Crippen molar-refractivity contribution in [1.29, 1.82) is 0 Å². The van der Waals surface area contributed by atoms with Gasteiger partial charge in [0.25, 0.3) is 0 Å². The molecule has 1 aliphatic heterocycles. The summed E-state index contributed by atoms with van der Waals surface area (Å²) in [6.45, 7) is 5.92. The van der Waals surface area contributed by atoms with E-state index in [1.165, 1.54) is 19.5 Å². The molecule has 1 N–H and O–H groups in total. The van der Waals surface area contributed by atoms with Crippen molar-refractivity contribution in [2.45, 2.75) is 39.0 Å². The van der Waals surface area contributed by atoms with Crippen molar-refractivity contribution in [3.05, 3.63) is 0 Å². The molecule has 82 valence electrons. The molecule has 1 saturated heterocycles. The predicted octanol–water partition coefficient (Wildman–Crippen LogP) is 1.97. The number of carboxylic acids is 1. The van der Waals surface area contributed by atoms with Gasteiger partial charge in [-0.05, 0) is 38.3 Å². The van der Waals surface area contributed by atoms with Crippen LogP contribution in [0.2, 0.25) is 0 Å². The van der Waals surface area contributed by atoms with Gasteiger partial charge in [0.2, 0.25) is 0 Å². The Labute approximate surface area is 86.1 Å². The van der Waals surface area contributed by atoms with E-state index in [0.29, 0.717) is 6.42 Å². The highest BCUT2D eigenvalue weighted by molar-refractivity contribution is 5.66. The Balaban J connectivity index is 1.91. The predicted molar refractivity (Wildman–Crippen MR) is 56.3 cm³/mol. The van der Waals surface area contributed by atoms with Crippen molar-refractivity contribution in [2.75, 3.05) is 19.6 Å². The number of rotatable bonds is 6. The van der Waals surface area contributed by atoms with Crippen LogP contribution in [0.4, 0.5) is 0 Å². The summed E-state index contributed by atoms with van der Waals surface area (Å²) in [6.07, 6.45) is 4.70. The summed E-state index contributed by atoms with van der Waals surface area (Å²) in [4.78, 5) is 12.7. The molecule has 1 rings (SSSR count). The van der Waals surface area contributed by atoms with Crippen LogP contribution in [-0.2, 0) is 4.79 Å².